The van der Waals surface area contributed by atoms with Gasteiger partial charge in [0.05, 0.1) is 12.8 Å². The molecule has 4 aromatic rings. The number of benzene rings is 3. The molecule has 0 spiro atoms. The number of nitrogens with zero attached hydrogens (tertiary/aromatic N) is 1. The molecule has 0 aliphatic rings. The zero-order chi connectivity index (χ0) is 18.8. The van der Waals surface area contributed by atoms with Crippen molar-refractivity contribution >= 4 is 33.1 Å². The predicted octanol–water partition coefficient (Wildman–Crippen LogP) is 5.53. The van der Waals surface area contributed by atoms with E-state index in [2.05, 4.69) is 34.6 Å². The lowest BCUT2D eigenvalue weighted by Gasteiger charge is -2.07. The largest absolute Gasteiger partial charge is 0.496 e. The SMILES string of the molecule is COc1cc(C(=O)Nc2nc(-c3ccc4ccccc4c3)cs2)ccc1C. The lowest BCUT2D eigenvalue weighted by molar-refractivity contribution is 0.102. The number of anilines is 1. The molecule has 1 N–H and O–H groups in total. The van der Waals surface area contributed by atoms with Crippen LogP contribution >= 0.6 is 11.3 Å². The Balaban J connectivity index is 1.56. The summed E-state index contributed by atoms with van der Waals surface area (Å²) >= 11 is 1.41. The molecule has 0 aliphatic heterocycles. The molecule has 1 heterocycles. The number of nitrogens with one attached hydrogen (secondary N) is 1. The predicted molar refractivity (Wildman–Crippen MR) is 111 cm³/mol. The van der Waals surface area contributed by atoms with E-state index >= 15 is 0 Å². The van der Waals surface area contributed by atoms with E-state index in [1.165, 1.54) is 22.1 Å². The van der Waals surface area contributed by atoms with Gasteiger partial charge >= 0.3 is 0 Å². The van der Waals surface area contributed by atoms with Gasteiger partial charge in [-0.2, -0.15) is 0 Å². The van der Waals surface area contributed by atoms with Gasteiger partial charge in [-0.1, -0.05) is 42.5 Å². The average molecular weight is 374 g/mol. The molecule has 0 saturated heterocycles. The molecule has 0 bridgehead atoms. The minimum absolute atomic E-state index is 0.201. The summed E-state index contributed by atoms with van der Waals surface area (Å²) < 4.78 is 5.29. The van der Waals surface area contributed by atoms with Crippen molar-refractivity contribution in [1.82, 2.24) is 4.98 Å². The number of ether oxygens (including phenoxy) is 1. The minimum atomic E-state index is -0.201. The Morgan fingerprint density at radius 1 is 1.04 bits per heavy atom. The van der Waals surface area contributed by atoms with Gasteiger partial charge in [0.25, 0.3) is 5.91 Å². The molecule has 0 unspecified atom stereocenters. The van der Waals surface area contributed by atoms with Gasteiger partial charge < -0.3 is 4.74 Å². The third kappa shape index (κ3) is 3.55. The Labute approximate surface area is 161 Å². The number of carbonyl (C=O) groups excluding carboxylic acids is 1. The fourth-order valence-electron chi connectivity index (χ4n) is 2.94. The van der Waals surface area contributed by atoms with E-state index in [9.17, 15) is 4.79 Å². The van der Waals surface area contributed by atoms with Crippen molar-refractivity contribution in [1.29, 1.82) is 0 Å². The molecule has 0 saturated carbocycles. The molecular formula is C22H18N2O2S. The zero-order valence-electron chi connectivity index (χ0n) is 15.0. The van der Waals surface area contributed by atoms with Crippen molar-refractivity contribution < 1.29 is 9.53 Å². The van der Waals surface area contributed by atoms with Crippen LogP contribution in [0.3, 0.4) is 0 Å². The summed E-state index contributed by atoms with van der Waals surface area (Å²) in [5.41, 5.74) is 3.41. The summed E-state index contributed by atoms with van der Waals surface area (Å²) in [5.74, 6) is 0.492. The van der Waals surface area contributed by atoms with Crippen LogP contribution in [0.5, 0.6) is 5.75 Å². The number of amides is 1. The van der Waals surface area contributed by atoms with Crippen LogP contribution in [0.25, 0.3) is 22.0 Å². The van der Waals surface area contributed by atoms with Gasteiger partial charge in [-0.3, -0.25) is 10.1 Å². The van der Waals surface area contributed by atoms with E-state index in [1.54, 1.807) is 19.2 Å². The van der Waals surface area contributed by atoms with Crippen molar-refractivity contribution in [2.75, 3.05) is 12.4 Å². The second-order valence-corrected chi connectivity index (χ2v) is 7.10. The van der Waals surface area contributed by atoms with Gasteiger partial charge in [0, 0.05) is 16.5 Å². The molecule has 5 heteroatoms. The second-order valence-electron chi connectivity index (χ2n) is 6.24. The maximum atomic E-state index is 12.5. The van der Waals surface area contributed by atoms with Crippen LogP contribution < -0.4 is 10.1 Å². The Morgan fingerprint density at radius 3 is 2.67 bits per heavy atom. The van der Waals surface area contributed by atoms with E-state index in [-0.39, 0.29) is 5.91 Å². The Bertz CT molecular complexity index is 1130. The first-order valence-corrected chi connectivity index (χ1v) is 9.43. The average Bonchev–Trinajstić information content (AvgIpc) is 3.16. The summed E-state index contributed by atoms with van der Waals surface area (Å²) in [4.78, 5) is 17.1. The van der Waals surface area contributed by atoms with E-state index in [0.29, 0.717) is 16.4 Å². The van der Waals surface area contributed by atoms with Crippen molar-refractivity contribution in [3.05, 3.63) is 77.2 Å². The quantitative estimate of drug-likeness (QED) is 0.511. The first-order valence-electron chi connectivity index (χ1n) is 8.55. The molecule has 3 aromatic carbocycles. The smallest absolute Gasteiger partial charge is 0.257 e. The van der Waals surface area contributed by atoms with Crippen LogP contribution in [-0.4, -0.2) is 18.0 Å². The fourth-order valence-corrected chi connectivity index (χ4v) is 3.66. The summed E-state index contributed by atoms with van der Waals surface area (Å²) in [7, 11) is 1.60. The van der Waals surface area contributed by atoms with Crippen LogP contribution in [0.2, 0.25) is 0 Å². The van der Waals surface area contributed by atoms with Gasteiger partial charge in [-0.05, 0) is 41.5 Å². The van der Waals surface area contributed by atoms with Gasteiger partial charge in [-0.25, -0.2) is 4.98 Å². The molecular weight excluding hydrogens is 356 g/mol. The van der Waals surface area contributed by atoms with E-state index < -0.39 is 0 Å². The van der Waals surface area contributed by atoms with Gasteiger partial charge in [0.1, 0.15) is 5.75 Å². The van der Waals surface area contributed by atoms with Crippen LogP contribution in [-0.2, 0) is 0 Å². The maximum absolute atomic E-state index is 12.5. The van der Waals surface area contributed by atoms with E-state index in [4.69, 9.17) is 4.74 Å². The molecule has 4 rings (SSSR count). The van der Waals surface area contributed by atoms with Crippen LogP contribution in [0.1, 0.15) is 15.9 Å². The highest BCUT2D eigenvalue weighted by atomic mass is 32.1. The molecule has 1 amide bonds. The molecule has 134 valence electrons. The number of methoxy groups -OCH3 is 1. The van der Waals surface area contributed by atoms with Crippen LogP contribution in [0.15, 0.2) is 66.0 Å². The van der Waals surface area contributed by atoms with Gasteiger partial charge in [0.15, 0.2) is 5.13 Å². The second kappa shape index (κ2) is 7.21. The van der Waals surface area contributed by atoms with Crippen LogP contribution in [0.4, 0.5) is 5.13 Å². The van der Waals surface area contributed by atoms with Crippen molar-refractivity contribution in [2.24, 2.45) is 0 Å². The number of aryl methyl sites for hydroxylation is 1. The molecule has 1 aromatic heterocycles. The summed E-state index contributed by atoms with van der Waals surface area (Å²) in [5, 5.41) is 7.75. The normalized spacial score (nSPS) is 10.7. The highest BCUT2D eigenvalue weighted by molar-refractivity contribution is 7.14. The lowest BCUT2D eigenvalue weighted by atomic mass is 10.1. The monoisotopic (exact) mass is 374 g/mol. The molecule has 27 heavy (non-hydrogen) atoms. The highest BCUT2D eigenvalue weighted by Crippen LogP contribution is 2.28. The summed E-state index contributed by atoms with van der Waals surface area (Å²) in [6.45, 7) is 1.94. The number of fused-ring (bicyclic) bond motifs is 1. The van der Waals surface area contributed by atoms with Crippen molar-refractivity contribution in [3.8, 4) is 17.0 Å². The zero-order valence-corrected chi connectivity index (χ0v) is 15.8. The molecule has 0 fully saturated rings. The first-order chi connectivity index (χ1) is 13.1. The summed E-state index contributed by atoms with van der Waals surface area (Å²) in [6.07, 6.45) is 0. The maximum Gasteiger partial charge on any atom is 0.257 e. The number of hydrogen-bond acceptors (Lipinski definition) is 4. The van der Waals surface area contributed by atoms with Crippen molar-refractivity contribution in [2.45, 2.75) is 6.92 Å². The Hall–Kier alpha value is -3.18. The number of carbonyl (C=O) groups is 1. The van der Waals surface area contributed by atoms with Crippen molar-refractivity contribution in [3.63, 3.8) is 0 Å². The molecule has 0 atom stereocenters. The molecule has 0 radical (unpaired) electrons. The number of aromatic nitrogens is 1. The first kappa shape index (κ1) is 17.2. The number of rotatable bonds is 4. The van der Waals surface area contributed by atoms with Crippen LogP contribution in [0, 0.1) is 6.92 Å². The third-order valence-corrected chi connectivity index (χ3v) is 5.20. The highest BCUT2D eigenvalue weighted by Gasteiger charge is 2.12. The van der Waals surface area contributed by atoms with Gasteiger partial charge in [-0.15, -0.1) is 11.3 Å². The molecule has 0 aliphatic carbocycles. The number of thiazole rings is 1. The topological polar surface area (TPSA) is 51.2 Å². The third-order valence-electron chi connectivity index (χ3n) is 4.44. The Morgan fingerprint density at radius 2 is 1.85 bits per heavy atom. The van der Waals surface area contributed by atoms with E-state index in [0.717, 1.165) is 16.8 Å². The van der Waals surface area contributed by atoms with E-state index in [1.807, 2.05) is 36.6 Å². The fraction of sp³-hybridized carbons (Fsp3) is 0.0909. The Kier molecular flexibility index (Phi) is 4.60. The summed E-state index contributed by atoms with van der Waals surface area (Å²) in [6, 6.07) is 19.9. The minimum Gasteiger partial charge on any atom is -0.496 e. The van der Waals surface area contributed by atoms with Gasteiger partial charge in [0.2, 0.25) is 0 Å². The standard InChI is InChI=1S/C22H18N2O2S/c1-14-7-8-18(12-20(14)26-2)21(25)24-22-23-19(13-27-22)17-10-9-15-5-3-4-6-16(15)11-17/h3-13H,1-2H3,(H,23,24,25). The lowest BCUT2D eigenvalue weighted by Crippen LogP contribution is -2.12. The number of hydrogen-bond donors (Lipinski definition) is 1. The molecule has 4 nitrogen and oxygen atoms in total.